The summed E-state index contributed by atoms with van der Waals surface area (Å²) in [6, 6.07) is 5.73. The second kappa shape index (κ2) is 4.85. The summed E-state index contributed by atoms with van der Waals surface area (Å²) >= 11 is 0. The summed E-state index contributed by atoms with van der Waals surface area (Å²) in [5.74, 6) is 0.0167. The van der Waals surface area contributed by atoms with E-state index in [9.17, 15) is 4.79 Å². The van der Waals surface area contributed by atoms with Gasteiger partial charge in [-0.15, -0.1) is 12.4 Å². The Kier molecular flexibility index (Phi) is 3.94. The minimum absolute atomic E-state index is 0. The van der Waals surface area contributed by atoms with E-state index in [0.717, 1.165) is 24.2 Å². The number of aryl methyl sites for hydroxylation is 1. The molecule has 3 nitrogen and oxygen atoms in total. The molecule has 1 unspecified atom stereocenters. The molecule has 16 heavy (non-hydrogen) atoms. The number of amides is 1. The van der Waals surface area contributed by atoms with Gasteiger partial charge in [-0.05, 0) is 31.4 Å². The SMILES string of the molecule is Cc1cccc2c1N(C(=O)C(C)N)CC2.Cl. The molecule has 1 aromatic carbocycles. The van der Waals surface area contributed by atoms with E-state index in [1.807, 2.05) is 24.0 Å². The van der Waals surface area contributed by atoms with Gasteiger partial charge in [0.25, 0.3) is 0 Å². The lowest BCUT2D eigenvalue weighted by Gasteiger charge is -2.21. The molecule has 1 heterocycles. The zero-order valence-corrected chi connectivity index (χ0v) is 10.4. The van der Waals surface area contributed by atoms with Gasteiger partial charge in [-0.25, -0.2) is 0 Å². The Bertz CT molecular complexity index is 404. The summed E-state index contributed by atoms with van der Waals surface area (Å²) in [6.07, 6.45) is 0.940. The number of benzene rings is 1. The van der Waals surface area contributed by atoms with Gasteiger partial charge >= 0.3 is 0 Å². The van der Waals surface area contributed by atoms with Crippen molar-refractivity contribution in [2.45, 2.75) is 26.3 Å². The first-order valence-electron chi connectivity index (χ1n) is 5.26. The molecular weight excluding hydrogens is 224 g/mol. The standard InChI is InChI=1S/C12H16N2O.ClH/c1-8-4-3-5-10-6-7-14(11(8)10)12(15)9(2)13;/h3-5,9H,6-7,13H2,1-2H3;1H. The van der Waals surface area contributed by atoms with Crippen LogP contribution in [0.4, 0.5) is 5.69 Å². The number of fused-ring (bicyclic) bond motifs is 1. The number of rotatable bonds is 1. The molecule has 2 N–H and O–H groups in total. The van der Waals surface area contributed by atoms with E-state index in [-0.39, 0.29) is 18.3 Å². The van der Waals surface area contributed by atoms with Crippen molar-refractivity contribution in [1.29, 1.82) is 0 Å². The molecule has 1 amide bonds. The van der Waals surface area contributed by atoms with Crippen molar-refractivity contribution in [2.75, 3.05) is 11.4 Å². The first-order valence-corrected chi connectivity index (χ1v) is 5.26. The molecule has 1 aliphatic heterocycles. The summed E-state index contributed by atoms with van der Waals surface area (Å²) in [6.45, 7) is 4.53. The van der Waals surface area contributed by atoms with E-state index < -0.39 is 6.04 Å². The van der Waals surface area contributed by atoms with Gasteiger partial charge in [0.05, 0.1) is 6.04 Å². The monoisotopic (exact) mass is 240 g/mol. The lowest BCUT2D eigenvalue weighted by atomic mass is 10.1. The van der Waals surface area contributed by atoms with Crippen LogP contribution in [0.1, 0.15) is 18.1 Å². The van der Waals surface area contributed by atoms with Crippen molar-refractivity contribution in [2.24, 2.45) is 5.73 Å². The van der Waals surface area contributed by atoms with E-state index in [2.05, 4.69) is 6.07 Å². The molecule has 0 aliphatic carbocycles. The fraction of sp³-hybridized carbons (Fsp3) is 0.417. The lowest BCUT2D eigenvalue weighted by Crippen LogP contribution is -2.41. The maximum absolute atomic E-state index is 11.9. The van der Waals surface area contributed by atoms with Crippen LogP contribution < -0.4 is 10.6 Å². The van der Waals surface area contributed by atoms with Crippen LogP contribution in [-0.4, -0.2) is 18.5 Å². The van der Waals surface area contributed by atoms with E-state index in [1.165, 1.54) is 5.56 Å². The highest BCUT2D eigenvalue weighted by molar-refractivity contribution is 5.99. The topological polar surface area (TPSA) is 46.3 Å². The Morgan fingerprint density at radius 2 is 2.19 bits per heavy atom. The average molecular weight is 241 g/mol. The van der Waals surface area contributed by atoms with E-state index in [1.54, 1.807) is 6.92 Å². The molecular formula is C12H17ClN2O. The zero-order chi connectivity index (χ0) is 11.0. The Balaban J connectivity index is 0.00000128. The number of hydrogen-bond acceptors (Lipinski definition) is 2. The van der Waals surface area contributed by atoms with Crippen LogP contribution >= 0.6 is 12.4 Å². The fourth-order valence-corrected chi connectivity index (χ4v) is 2.12. The van der Waals surface area contributed by atoms with Gasteiger partial charge in [-0.3, -0.25) is 4.79 Å². The molecule has 0 radical (unpaired) electrons. The summed E-state index contributed by atoms with van der Waals surface area (Å²) < 4.78 is 0. The van der Waals surface area contributed by atoms with Gasteiger partial charge in [0.15, 0.2) is 0 Å². The molecule has 0 fully saturated rings. The van der Waals surface area contributed by atoms with E-state index in [0.29, 0.717) is 0 Å². The van der Waals surface area contributed by atoms with Gasteiger partial charge in [0, 0.05) is 12.2 Å². The van der Waals surface area contributed by atoms with Crippen LogP contribution in [0.25, 0.3) is 0 Å². The third kappa shape index (κ3) is 2.06. The predicted molar refractivity (Wildman–Crippen MR) is 68.1 cm³/mol. The largest absolute Gasteiger partial charge is 0.320 e. The van der Waals surface area contributed by atoms with Gasteiger partial charge < -0.3 is 10.6 Å². The lowest BCUT2D eigenvalue weighted by molar-refractivity contribution is -0.119. The second-order valence-electron chi connectivity index (χ2n) is 4.11. The summed E-state index contributed by atoms with van der Waals surface area (Å²) in [4.78, 5) is 13.7. The Labute approximate surface area is 102 Å². The van der Waals surface area contributed by atoms with Crippen LogP contribution in [0.5, 0.6) is 0 Å². The van der Waals surface area contributed by atoms with Gasteiger partial charge in [0.1, 0.15) is 0 Å². The Hall–Kier alpha value is -1.06. The quantitative estimate of drug-likeness (QED) is 0.812. The van der Waals surface area contributed by atoms with Crippen LogP contribution in [0.15, 0.2) is 18.2 Å². The van der Waals surface area contributed by atoms with Gasteiger partial charge in [0.2, 0.25) is 5.91 Å². The highest BCUT2D eigenvalue weighted by atomic mass is 35.5. The molecule has 1 atom stereocenters. The van der Waals surface area contributed by atoms with Crippen LogP contribution in [0.2, 0.25) is 0 Å². The third-order valence-electron chi connectivity index (χ3n) is 2.85. The average Bonchev–Trinajstić information content (AvgIpc) is 2.61. The number of nitrogens with zero attached hydrogens (tertiary/aromatic N) is 1. The minimum atomic E-state index is -0.421. The van der Waals surface area contributed by atoms with E-state index >= 15 is 0 Å². The summed E-state index contributed by atoms with van der Waals surface area (Å²) in [5, 5.41) is 0. The van der Waals surface area contributed by atoms with Crippen LogP contribution in [0.3, 0.4) is 0 Å². The van der Waals surface area contributed by atoms with Crippen LogP contribution in [-0.2, 0) is 11.2 Å². The Morgan fingerprint density at radius 1 is 1.50 bits per heavy atom. The molecule has 4 heteroatoms. The molecule has 0 saturated heterocycles. The number of hydrogen-bond donors (Lipinski definition) is 1. The van der Waals surface area contributed by atoms with Crippen molar-refractivity contribution in [3.63, 3.8) is 0 Å². The number of carbonyl (C=O) groups is 1. The molecule has 1 aromatic rings. The Morgan fingerprint density at radius 3 is 2.81 bits per heavy atom. The number of para-hydroxylation sites is 1. The molecule has 0 spiro atoms. The maximum Gasteiger partial charge on any atom is 0.243 e. The number of anilines is 1. The smallest absolute Gasteiger partial charge is 0.243 e. The third-order valence-corrected chi connectivity index (χ3v) is 2.85. The van der Waals surface area contributed by atoms with Crippen molar-refractivity contribution in [3.8, 4) is 0 Å². The second-order valence-corrected chi connectivity index (χ2v) is 4.11. The van der Waals surface area contributed by atoms with Gasteiger partial charge in [-0.1, -0.05) is 18.2 Å². The minimum Gasteiger partial charge on any atom is -0.320 e. The number of carbonyl (C=O) groups excluding carboxylic acids is 1. The molecule has 1 aliphatic rings. The predicted octanol–water partition coefficient (Wildman–Crippen LogP) is 1.65. The molecule has 0 aromatic heterocycles. The zero-order valence-electron chi connectivity index (χ0n) is 9.56. The van der Waals surface area contributed by atoms with E-state index in [4.69, 9.17) is 5.73 Å². The van der Waals surface area contributed by atoms with Crippen molar-refractivity contribution >= 4 is 24.0 Å². The first-order chi connectivity index (χ1) is 7.11. The van der Waals surface area contributed by atoms with Crippen molar-refractivity contribution in [1.82, 2.24) is 0 Å². The first kappa shape index (κ1) is 13.0. The highest BCUT2D eigenvalue weighted by Crippen LogP contribution is 2.31. The summed E-state index contributed by atoms with van der Waals surface area (Å²) in [5.41, 5.74) is 9.11. The highest BCUT2D eigenvalue weighted by Gasteiger charge is 2.27. The fourth-order valence-electron chi connectivity index (χ4n) is 2.12. The summed E-state index contributed by atoms with van der Waals surface area (Å²) in [7, 11) is 0. The number of nitrogens with two attached hydrogens (primary N) is 1. The van der Waals surface area contributed by atoms with Crippen LogP contribution in [0, 0.1) is 6.92 Å². The number of halogens is 1. The normalized spacial score (nSPS) is 15.3. The molecule has 0 saturated carbocycles. The molecule has 88 valence electrons. The molecule has 0 bridgehead atoms. The maximum atomic E-state index is 11.9. The van der Waals surface area contributed by atoms with Gasteiger partial charge in [-0.2, -0.15) is 0 Å². The van der Waals surface area contributed by atoms with Crippen molar-refractivity contribution in [3.05, 3.63) is 29.3 Å². The molecule has 2 rings (SSSR count). The van der Waals surface area contributed by atoms with Crippen molar-refractivity contribution < 1.29 is 4.79 Å².